The molecule has 0 aliphatic carbocycles. The van der Waals surface area contributed by atoms with Crippen molar-refractivity contribution in [2.45, 2.75) is 38.8 Å². The number of rotatable bonds is 11. The highest BCUT2D eigenvalue weighted by Gasteiger charge is 2.29. The van der Waals surface area contributed by atoms with Crippen LogP contribution < -0.4 is 14.8 Å². The number of esters is 2. The van der Waals surface area contributed by atoms with Crippen molar-refractivity contribution in [2.75, 3.05) is 13.9 Å². The van der Waals surface area contributed by atoms with Crippen LogP contribution in [0.3, 0.4) is 0 Å². The molecule has 3 rings (SSSR count). The second-order valence-corrected chi connectivity index (χ2v) is 8.51. The normalized spacial score (nSPS) is 12.3. The van der Waals surface area contributed by atoms with Crippen LogP contribution in [0, 0.1) is 11.6 Å². The summed E-state index contributed by atoms with van der Waals surface area (Å²) >= 11 is 0. The van der Waals surface area contributed by atoms with Gasteiger partial charge in [-0.25, -0.2) is 18.6 Å². The van der Waals surface area contributed by atoms with E-state index in [0.29, 0.717) is 11.1 Å². The quantitative estimate of drug-likeness (QED) is 0.284. The van der Waals surface area contributed by atoms with E-state index in [4.69, 9.17) is 18.9 Å². The van der Waals surface area contributed by atoms with E-state index in [1.165, 1.54) is 57.5 Å². The van der Waals surface area contributed by atoms with Gasteiger partial charge in [-0.15, -0.1) is 0 Å². The molecule has 0 saturated carbocycles. The fourth-order valence-electron chi connectivity index (χ4n) is 3.82. The minimum atomic E-state index is -1.11. The zero-order valence-corrected chi connectivity index (χ0v) is 21.8. The van der Waals surface area contributed by atoms with E-state index in [1.807, 2.05) is 0 Å². The molecular formula is C28H28F2N2O7. The van der Waals surface area contributed by atoms with Gasteiger partial charge < -0.3 is 24.3 Å². The van der Waals surface area contributed by atoms with Crippen molar-refractivity contribution < 1.29 is 42.1 Å². The number of ether oxygens (including phenoxy) is 4. The van der Waals surface area contributed by atoms with Gasteiger partial charge in [0, 0.05) is 25.1 Å². The number of amides is 1. The smallest absolute Gasteiger partial charge is 0.328 e. The highest BCUT2D eigenvalue weighted by Crippen LogP contribution is 2.31. The van der Waals surface area contributed by atoms with Crippen LogP contribution in [-0.4, -0.2) is 48.9 Å². The molecule has 2 aromatic carbocycles. The van der Waals surface area contributed by atoms with Gasteiger partial charge in [0.2, 0.25) is 6.79 Å². The highest BCUT2D eigenvalue weighted by molar-refractivity contribution is 5.98. The lowest BCUT2D eigenvalue weighted by Gasteiger charge is -2.26. The second-order valence-electron chi connectivity index (χ2n) is 8.51. The summed E-state index contributed by atoms with van der Waals surface area (Å²) in [6.07, 6.45) is 0.540. The van der Waals surface area contributed by atoms with Crippen molar-refractivity contribution in [3.05, 3.63) is 89.2 Å². The Morgan fingerprint density at radius 2 is 1.49 bits per heavy atom. The third kappa shape index (κ3) is 7.73. The number of nitrogens with one attached hydrogen (secondary N) is 1. The maximum Gasteiger partial charge on any atom is 0.328 e. The molecule has 1 amide bonds. The van der Waals surface area contributed by atoms with Crippen molar-refractivity contribution in [3.63, 3.8) is 0 Å². The number of aromatic nitrogens is 1. The third-order valence-corrected chi connectivity index (χ3v) is 5.70. The zero-order valence-electron chi connectivity index (χ0n) is 21.8. The van der Waals surface area contributed by atoms with Gasteiger partial charge >= 0.3 is 11.9 Å². The molecule has 39 heavy (non-hydrogen) atoms. The van der Waals surface area contributed by atoms with Gasteiger partial charge in [0.1, 0.15) is 23.8 Å². The van der Waals surface area contributed by atoms with Gasteiger partial charge in [0.05, 0.1) is 7.11 Å². The molecule has 0 spiro atoms. The Morgan fingerprint density at radius 1 is 0.923 bits per heavy atom. The van der Waals surface area contributed by atoms with Crippen LogP contribution in [0.5, 0.6) is 11.5 Å². The van der Waals surface area contributed by atoms with E-state index < -0.39 is 54.3 Å². The fourth-order valence-corrected chi connectivity index (χ4v) is 3.82. The largest absolute Gasteiger partial charge is 0.493 e. The molecule has 3 aromatic rings. The molecule has 0 bridgehead atoms. The van der Waals surface area contributed by atoms with Crippen LogP contribution in [-0.2, 0) is 19.1 Å². The highest BCUT2D eigenvalue weighted by atomic mass is 19.1. The molecule has 206 valence electrons. The number of pyridine rings is 1. The first-order valence-electron chi connectivity index (χ1n) is 11.9. The predicted octanol–water partition coefficient (Wildman–Crippen LogP) is 4.15. The maximum absolute atomic E-state index is 13.5. The summed E-state index contributed by atoms with van der Waals surface area (Å²) in [5.41, 5.74) is 1.09. The van der Waals surface area contributed by atoms with Crippen molar-refractivity contribution in [1.82, 2.24) is 10.3 Å². The summed E-state index contributed by atoms with van der Waals surface area (Å²) in [6, 6.07) is 11.7. The molecule has 1 aromatic heterocycles. The van der Waals surface area contributed by atoms with E-state index in [2.05, 4.69) is 10.3 Å². The van der Waals surface area contributed by atoms with Crippen molar-refractivity contribution >= 4 is 17.8 Å². The molecule has 0 aliphatic heterocycles. The number of hydrogen-bond donors (Lipinski definition) is 1. The molecule has 0 aliphatic rings. The summed E-state index contributed by atoms with van der Waals surface area (Å²) in [5, 5.41) is 2.51. The Bertz CT molecular complexity index is 1250. The first kappa shape index (κ1) is 29.0. The van der Waals surface area contributed by atoms with Crippen molar-refractivity contribution in [2.24, 2.45) is 0 Å². The van der Waals surface area contributed by atoms with E-state index >= 15 is 0 Å². The van der Waals surface area contributed by atoms with Crippen LogP contribution in [0.4, 0.5) is 8.78 Å². The number of hydrogen-bond acceptors (Lipinski definition) is 8. The monoisotopic (exact) mass is 542 g/mol. The minimum Gasteiger partial charge on any atom is -0.493 e. The van der Waals surface area contributed by atoms with E-state index in [-0.39, 0.29) is 17.2 Å². The third-order valence-electron chi connectivity index (χ3n) is 5.70. The lowest BCUT2D eigenvalue weighted by Crippen LogP contribution is -2.41. The van der Waals surface area contributed by atoms with E-state index in [1.54, 1.807) is 31.2 Å². The topological polar surface area (TPSA) is 113 Å². The summed E-state index contributed by atoms with van der Waals surface area (Å²) in [5.74, 6) is -3.44. The van der Waals surface area contributed by atoms with Crippen LogP contribution in [0.15, 0.2) is 60.8 Å². The zero-order chi connectivity index (χ0) is 28.5. The molecule has 1 N–H and O–H groups in total. The Kier molecular flexibility index (Phi) is 9.91. The van der Waals surface area contributed by atoms with Gasteiger partial charge in [0.25, 0.3) is 5.91 Å². The predicted molar refractivity (Wildman–Crippen MR) is 135 cm³/mol. The van der Waals surface area contributed by atoms with Crippen LogP contribution >= 0.6 is 0 Å². The van der Waals surface area contributed by atoms with Crippen LogP contribution in [0.2, 0.25) is 0 Å². The maximum atomic E-state index is 13.5. The molecule has 0 unspecified atom stereocenters. The summed E-state index contributed by atoms with van der Waals surface area (Å²) in [6.45, 7) is 3.79. The molecule has 0 fully saturated rings. The van der Waals surface area contributed by atoms with Crippen LogP contribution in [0.25, 0.3) is 0 Å². The Hall–Kier alpha value is -4.54. The molecule has 0 saturated heterocycles. The average Bonchev–Trinajstić information content (AvgIpc) is 2.90. The Labute approximate surface area is 224 Å². The van der Waals surface area contributed by atoms with Gasteiger partial charge in [-0.2, -0.15) is 0 Å². The van der Waals surface area contributed by atoms with Gasteiger partial charge in [-0.05, 0) is 49.2 Å². The Morgan fingerprint density at radius 3 is 2.00 bits per heavy atom. The summed E-state index contributed by atoms with van der Waals surface area (Å²) in [7, 11) is 1.36. The van der Waals surface area contributed by atoms with E-state index in [9.17, 15) is 23.2 Å². The van der Waals surface area contributed by atoms with Gasteiger partial charge in [-0.3, -0.25) is 9.59 Å². The average molecular weight is 543 g/mol. The SMILES string of the molecule is COc1ccnc(C(=O)N[C@H](C)C(=O)O[C@@H](C)C(c2ccc(F)cc2)c2ccc(F)cc2)c1OCOC(C)=O. The number of carbonyl (C=O) groups excluding carboxylic acids is 3. The Balaban J connectivity index is 1.75. The molecule has 11 heteroatoms. The molecule has 0 radical (unpaired) electrons. The summed E-state index contributed by atoms with van der Waals surface area (Å²) in [4.78, 5) is 41.0. The molecule has 2 atom stereocenters. The molecular weight excluding hydrogens is 514 g/mol. The van der Waals surface area contributed by atoms with Gasteiger partial charge in [0.15, 0.2) is 17.2 Å². The van der Waals surface area contributed by atoms with Crippen molar-refractivity contribution in [1.29, 1.82) is 0 Å². The van der Waals surface area contributed by atoms with Gasteiger partial charge in [-0.1, -0.05) is 24.3 Å². The second kappa shape index (κ2) is 13.3. The number of methoxy groups -OCH3 is 1. The van der Waals surface area contributed by atoms with Crippen LogP contribution in [0.1, 0.15) is 48.3 Å². The lowest BCUT2D eigenvalue weighted by atomic mass is 9.87. The summed E-state index contributed by atoms with van der Waals surface area (Å²) < 4.78 is 48.1. The molecule has 1 heterocycles. The first-order valence-corrected chi connectivity index (χ1v) is 11.9. The number of benzene rings is 2. The number of halogens is 2. The lowest BCUT2D eigenvalue weighted by molar-refractivity contribution is -0.151. The van der Waals surface area contributed by atoms with Crippen molar-refractivity contribution in [3.8, 4) is 11.5 Å². The van der Waals surface area contributed by atoms with E-state index in [0.717, 1.165) is 0 Å². The number of nitrogens with zero attached hydrogens (tertiary/aromatic N) is 1. The fraction of sp³-hybridized carbons (Fsp3) is 0.286. The standard InChI is InChI=1S/C28H28F2N2O7/c1-16(32-27(34)25-26(38-15-37-18(3)33)23(36-4)13-14-31-25)28(35)39-17(2)24(19-5-9-21(29)10-6-19)20-7-11-22(30)12-8-20/h5-14,16-17,24H,15H2,1-4H3,(H,32,34)/t16-,17+/m1/s1. The minimum absolute atomic E-state index is 0.0830. The number of carbonyl (C=O) groups is 3. The molecule has 9 nitrogen and oxygen atoms in total. The first-order chi connectivity index (χ1) is 18.6.